The average Bonchev–Trinajstić information content (AvgIpc) is 2.42. The number of carbonyl (C=O) groups is 1. The highest BCUT2D eigenvalue weighted by molar-refractivity contribution is 5.84. The van der Waals surface area contributed by atoms with Crippen molar-refractivity contribution in [3.63, 3.8) is 0 Å². The van der Waals surface area contributed by atoms with Gasteiger partial charge >= 0.3 is 0 Å². The van der Waals surface area contributed by atoms with Crippen molar-refractivity contribution in [2.24, 2.45) is 23.5 Å². The van der Waals surface area contributed by atoms with Gasteiger partial charge in [0.15, 0.2) is 0 Å². The van der Waals surface area contributed by atoms with Crippen molar-refractivity contribution in [1.29, 1.82) is 0 Å². The van der Waals surface area contributed by atoms with Gasteiger partial charge in [-0.1, -0.05) is 34.1 Å². The van der Waals surface area contributed by atoms with Gasteiger partial charge in [-0.2, -0.15) is 0 Å². The van der Waals surface area contributed by atoms with Gasteiger partial charge in [0, 0.05) is 0 Å². The molecule has 0 aromatic heterocycles. The van der Waals surface area contributed by atoms with Crippen molar-refractivity contribution in [2.45, 2.75) is 71.9 Å². The van der Waals surface area contributed by atoms with Crippen molar-refractivity contribution in [1.82, 2.24) is 5.32 Å². The molecule has 4 atom stereocenters. The van der Waals surface area contributed by atoms with Crippen LogP contribution in [0.2, 0.25) is 0 Å². The Kier molecular flexibility index (Phi) is 7.14. The molecular weight excluding hydrogens is 264 g/mol. The van der Waals surface area contributed by atoms with Crippen molar-refractivity contribution in [2.75, 3.05) is 13.2 Å². The maximum absolute atomic E-state index is 11.8. The summed E-state index contributed by atoms with van der Waals surface area (Å²) in [6.07, 6.45) is 4.81. The lowest BCUT2D eigenvalue weighted by atomic mass is 9.75. The fourth-order valence-electron chi connectivity index (χ4n) is 3.19. The molecule has 4 nitrogen and oxygen atoms in total. The van der Waals surface area contributed by atoms with Gasteiger partial charge < -0.3 is 15.8 Å². The highest BCUT2D eigenvalue weighted by Gasteiger charge is 2.36. The zero-order valence-corrected chi connectivity index (χ0v) is 14.4. The van der Waals surface area contributed by atoms with Crippen LogP contribution < -0.4 is 11.1 Å². The van der Waals surface area contributed by atoms with E-state index in [2.05, 4.69) is 33.0 Å². The fourth-order valence-corrected chi connectivity index (χ4v) is 3.19. The van der Waals surface area contributed by atoms with Crippen LogP contribution in [-0.2, 0) is 9.53 Å². The molecule has 0 bridgehead atoms. The van der Waals surface area contributed by atoms with E-state index in [1.807, 2.05) is 6.92 Å². The minimum absolute atomic E-state index is 0.246. The molecule has 1 rings (SSSR count). The molecule has 0 spiro atoms. The van der Waals surface area contributed by atoms with Crippen LogP contribution in [0.4, 0.5) is 0 Å². The Morgan fingerprint density at radius 3 is 2.62 bits per heavy atom. The second kappa shape index (κ2) is 8.14. The lowest BCUT2D eigenvalue weighted by molar-refractivity contribution is -0.129. The maximum Gasteiger partial charge on any atom is 0.239 e. The summed E-state index contributed by atoms with van der Waals surface area (Å²) in [6, 6.07) is 0. The molecule has 0 aromatic rings. The Labute approximate surface area is 130 Å². The fraction of sp³-hybridized carbons (Fsp3) is 0.941. The van der Waals surface area contributed by atoms with Crippen LogP contribution in [0.3, 0.4) is 0 Å². The van der Waals surface area contributed by atoms with Crippen LogP contribution in [0.5, 0.6) is 0 Å². The number of nitrogens with one attached hydrogen (secondary N) is 1. The van der Waals surface area contributed by atoms with E-state index in [0.717, 1.165) is 19.4 Å². The molecule has 0 aliphatic heterocycles. The number of hydrogen-bond acceptors (Lipinski definition) is 3. The summed E-state index contributed by atoms with van der Waals surface area (Å²) >= 11 is 0. The maximum atomic E-state index is 11.8. The topological polar surface area (TPSA) is 64.3 Å². The van der Waals surface area contributed by atoms with E-state index in [-0.39, 0.29) is 12.0 Å². The van der Waals surface area contributed by atoms with Crippen LogP contribution >= 0.6 is 0 Å². The van der Waals surface area contributed by atoms with Crippen LogP contribution in [0.1, 0.15) is 60.3 Å². The monoisotopic (exact) mass is 298 g/mol. The SMILES string of the molecule is CCCNC(C)(COC1CC(C)CCC1C(C)C)C(N)=O. The van der Waals surface area contributed by atoms with Gasteiger partial charge in [-0.3, -0.25) is 4.79 Å². The molecule has 4 unspecified atom stereocenters. The molecule has 0 saturated heterocycles. The molecule has 1 fully saturated rings. The third kappa shape index (κ3) is 5.26. The standard InChI is InChI=1S/C17H34N2O2/c1-6-9-19-17(5,16(18)20)11-21-15-10-13(4)7-8-14(15)12(2)3/h12-15,19H,6-11H2,1-5H3,(H2,18,20). The van der Waals surface area contributed by atoms with Gasteiger partial charge in [0.05, 0.1) is 12.7 Å². The first-order valence-corrected chi connectivity index (χ1v) is 8.46. The van der Waals surface area contributed by atoms with Crippen LogP contribution in [0.25, 0.3) is 0 Å². The predicted octanol–water partition coefficient (Wildman–Crippen LogP) is 2.71. The zero-order chi connectivity index (χ0) is 16.0. The van der Waals surface area contributed by atoms with Gasteiger partial charge in [-0.05, 0) is 50.5 Å². The third-order valence-corrected chi connectivity index (χ3v) is 4.86. The largest absolute Gasteiger partial charge is 0.375 e. The second-order valence-corrected chi connectivity index (χ2v) is 7.30. The lowest BCUT2D eigenvalue weighted by Crippen LogP contribution is -2.57. The molecule has 3 N–H and O–H groups in total. The number of ether oxygens (including phenoxy) is 1. The van der Waals surface area contributed by atoms with E-state index in [0.29, 0.717) is 24.4 Å². The number of carbonyl (C=O) groups excluding carboxylic acids is 1. The molecule has 0 radical (unpaired) electrons. The Morgan fingerprint density at radius 1 is 1.43 bits per heavy atom. The van der Waals surface area contributed by atoms with E-state index in [1.54, 1.807) is 0 Å². The van der Waals surface area contributed by atoms with Gasteiger partial charge in [-0.15, -0.1) is 0 Å². The summed E-state index contributed by atoms with van der Waals surface area (Å²) in [6.45, 7) is 11.9. The highest BCUT2D eigenvalue weighted by atomic mass is 16.5. The third-order valence-electron chi connectivity index (χ3n) is 4.86. The van der Waals surface area contributed by atoms with Gasteiger partial charge in [0.25, 0.3) is 0 Å². The summed E-state index contributed by atoms with van der Waals surface area (Å²) in [5.41, 5.74) is 4.80. The summed E-state index contributed by atoms with van der Waals surface area (Å²) in [7, 11) is 0. The quantitative estimate of drug-likeness (QED) is 0.724. The number of hydrogen-bond donors (Lipinski definition) is 2. The molecule has 4 heteroatoms. The Bertz CT molecular complexity index is 333. The summed E-state index contributed by atoms with van der Waals surface area (Å²) in [5, 5.41) is 3.24. The van der Waals surface area contributed by atoms with E-state index in [4.69, 9.17) is 10.5 Å². The van der Waals surface area contributed by atoms with Crippen molar-refractivity contribution in [3.8, 4) is 0 Å². The second-order valence-electron chi connectivity index (χ2n) is 7.30. The molecule has 124 valence electrons. The summed E-state index contributed by atoms with van der Waals surface area (Å²) < 4.78 is 6.19. The molecule has 21 heavy (non-hydrogen) atoms. The lowest BCUT2D eigenvalue weighted by Gasteiger charge is -2.39. The summed E-state index contributed by atoms with van der Waals surface area (Å²) in [4.78, 5) is 11.8. The smallest absolute Gasteiger partial charge is 0.239 e. The van der Waals surface area contributed by atoms with E-state index < -0.39 is 5.54 Å². The molecule has 1 aliphatic rings. The van der Waals surface area contributed by atoms with Crippen LogP contribution in [0, 0.1) is 17.8 Å². The van der Waals surface area contributed by atoms with Gasteiger partial charge in [0.1, 0.15) is 5.54 Å². The minimum Gasteiger partial charge on any atom is -0.375 e. The number of amides is 1. The Balaban J connectivity index is 2.65. The van der Waals surface area contributed by atoms with E-state index >= 15 is 0 Å². The van der Waals surface area contributed by atoms with Crippen molar-refractivity contribution in [3.05, 3.63) is 0 Å². The average molecular weight is 298 g/mol. The molecular formula is C17H34N2O2. The van der Waals surface area contributed by atoms with E-state index in [1.165, 1.54) is 12.8 Å². The highest BCUT2D eigenvalue weighted by Crippen LogP contribution is 2.35. The van der Waals surface area contributed by atoms with Crippen LogP contribution in [0.15, 0.2) is 0 Å². The molecule has 1 saturated carbocycles. The van der Waals surface area contributed by atoms with Gasteiger partial charge in [0.2, 0.25) is 5.91 Å². The normalized spacial score (nSPS) is 29.3. The van der Waals surface area contributed by atoms with Crippen LogP contribution in [-0.4, -0.2) is 30.7 Å². The number of nitrogens with two attached hydrogens (primary N) is 1. The molecule has 0 aromatic carbocycles. The predicted molar refractivity (Wildman–Crippen MR) is 87.0 cm³/mol. The Hall–Kier alpha value is -0.610. The summed E-state index contributed by atoms with van der Waals surface area (Å²) in [5.74, 6) is 1.57. The first-order chi connectivity index (χ1) is 9.80. The van der Waals surface area contributed by atoms with E-state index in [9.17, 15) is 4.79 Å². The Morgan fingerprint density at radius 2 is 2.10 bits per heavy atom. The molecule has 0 heterocycles. The van der Waals surface area contributed by atoms with Crippen molar-refractivity contribution >= 4 is 5.91 Å². The van der Waals surface area contributed by atoms with Gasteiger partial charge in [-0.25, -0.2) is 0 Å². The zero-order valence-electron chi connectivity index (χ0n) is 14.4. The first kappa shape index (κ1) is 18.4. The van der Waals surface area contributed by atoms with Crippen molar-refractivity contribution < 1.29 is 9.53 Å². The molecule has 1 aliphatic carbocycles. The number of rotatable bonds is 8. The molecule has 1 amide bonds. The minimum atomic E-state index is -0.766. The number of primary amides is 1. The first-order valence-electron chi connectivity index (χ1n) is 8.46.